The lowest BCUT2D eigenvalue weighted by Gasteiger charge is -2.36. The van der Waals surface area contributed by atoms with Crippen LogP contribution in [0, 0.1) is 17.8 Å². The van der Waals surface area contributed by atoms with Gasteiger partial charge in [-0.2, -0.15) is 26.3 Å². The predicted molar refractivity (Wildman–Crippen MR) is 172 cm³/mol. The largest absolute Gasteiger partial charge is 0.507 e. The molecule has 1 fully saturated rings. The van der Waals surface area contributed by atoms with E-state index in [9.17, 15) is 51.3 Å². The number of fused-ring (bicyclic) bond motifs is 2. The highest BCUT2D eigenvalue weighted by atomic mass is 19.4. The van der Waals surface area contributed by atoms with E-state index < -0.39 is 71.4 Å². The van der Waals surface area contributed by atoms with Gasteiger partial charge in [-0.25, -0.2) is 4.90 Å². The topological polar surface area (TPSA) is 98.1 Å². The summed E-state index contributed by atoms with van der Waals surface area (Å²) in [4.78, 5) is 27.8. The number of carbonyl (C=O) groups is 2. The highest BCUT2D eigenvalue weighted by Crippen LogP contribution is 2.49. The molecule has 5 rings (SSSR count). The Labute approximate surface area is 279 Å². The average molecular weight is 690 g/mol. The third-order valence-electron chi connectivity index (χ3n) is 9.60. The molecule has 0 saturated carbocycles. The van der Waals surface area contributed by atoms with Crippen molar-refractivity contribution in [1.82, 2.24) is 0 Å². The monoisotopic (exact) mass is 689 g/mol. The molecule has 0 radical (unpaired) electrons. The summed E-state index contributed by atoms with van der Waals surface area (Å²) in [5, 5.41) is 34.0. The van der Waals surface area contributed by atoms with Crippen LogP contribution >= 0.6 is 0 Å². The Morgan fingerprint density at radius 3 is 2.12 bits per heavy atom. The number of imide groups is 1. The number of aliphatic hydroxyl groups is 2. The van der Waals surface area contributed by atoms with Crippen molar-refractivity contribution < 1.29 is 51.3 Å². The maximum absolute atomic E-state index is 13.8. The Kier molecular flexibility index (Phi) is 10.3. The number of halogens is 6. The van der Waals surface area contributed by atoms with Gasteiger partial charge in [-0.15, -0.1) is 0 Å². The van der Waals surface area contributed by atoms with E-state index >= 15 is 0 Å². The molecule has 3 N–H and O–H groups in total. The van der Waals surface area contributed by atoms with Crippen LogP contribution in [0.1, 0.15) is 69.1 Å². The van der Waals surface area contributed by atoms with Gasteiger partial charge in [0.2, 0.25) is 11.8 Å². The lowest BCUT2D eigenvalue weighted by molar-refractivity contribution is -0.143. The maximum atomic E-state index is 13.8. The summed E-state index contributed by atoms with van der Waals surface area (Å²) in [6.45, 7) is 3.12. The Balaban J connectivity index is 1.45. The van der Waals surface area contributed by atoms with Crippen molar-refractivity contribution in [1.29, 1.82) is 0 Å². The molecule has 0 bridgehead atoms. The average Bonchev–Trinajstić information content (AvgIpc) is 3.31. The molecule has 0 unspecified atom stereocenters. The second kappa shape index (κ2) is 14.0. The molecule has 2 amide bonds. The molecule has 1 saturated heterocycles. The molecule has 1 aliphatic carbocycles. The number of alkyl halides is 6. The minimum atomic E-state index is -5.18. The van der Waals surface area contributed by atoms with Gasteiger partial charge in [0, 0.05) is 11.3 Å². The van der Waals surface area contributed by atoms with Crippen molar-refractivity contribution in [3.63, 3.8) is 0 Å². The zero-order chi connectivity index (χ0) is 35.8. The molecule has 6 nitrogen and oxygen atoms in total. The van der Waals surface area contributed by atoms with Crippen LogP contribution in [0.25, 0.3) is 16.8 Å². The minimum absolute atomic E-state index is 0.0343. The van der Waals surface area contributed by atoms with Crippen LogP contribution < -0.4 is 4.90 Å². The maximum Gasteiger partial charge on any atom is 0.416 e. The van der Waals surface area contributed by atoms with Gasteiger partial charge in [0.05, 0.1) is 41.4 Å². The fraction of sp³-hybridized carbons (Fsp3) is 0.405. The van der Waals surface area contributed by atoms with Crippen molar-refractivity contribution in [2.45, 2.75) is 70.8 Å². The van der Waals surface area contributed by atoms with E-state index in [-0.39, 0.29) is 24.7 Å². The van der Waals surface area contributed by atoms with Crippen molar-refractivity contribution >= 4 is 34.4 Å². The van der Waals surface area contributed by atoms with E-state index in [2.05, 4.69) is 0 Å². The lowest BCUT2D eigenvalue weighted by atomic mass is 9.67. The van der Waals surface area contributed by atoms with Crippen LogP contribution in [-0.2, 0) is 21.9 Å². The van der Waals surface area contributed by atoms with E-state index in [1.807, 2.05) is 37.3 Å². The first-order valence-electron chi connectivity index (χ1n) is 16.2. The van der Waals surface area contributed by atoms with Gasteiger partial charge in [0.1, 0.15) is 5.75 Å². The van der Waals surface area contributed by atoms with E-state index in [4.69, 9.17) is 0 Å². The van der Waals surface area contributed by atoms with Crippen LogP contribution in [-0.4, -0.2) is 39.8 Å². The normalized spacial score (nSPS) is 21.1. The summed E-state index contributed by atoms with van der Waals surface area (Å²) in [5.41, 5.74) is -1.29. The molecule has 1 aliphatic heterocycles. The van der Waals surface area contributed by atoms with Crippen LogP contribution in [0.5, 0.6) is 5.75 Å². The molecule has 0 spiro atoms. The SMILES string of the molecule is CCC/C(=C\c1ccc(O)c2ccccc12)CC[C@@H](O)C1=C(CC)C[C@H]2C(=O)N(c3cc(C(F)(F)F)cc(C(F)(F)F)c3)C(=O)[C@H]2[C@H]1CO. The van der Waals surface area contributed by atoms with Crippen molar-refractivity contribution in [3.8, 4) is 5.75 Å². The zero-order valence-electron chi connectivity index (χ0n) is 26.9. The van der Waals surface area contributed by atoms with Gasteiger partial charge >= 0.3 is 12.4 Å². The Hall–Kier alpha value is -4.16. The van der Waals surface area contributed by atoms with Crippen molar-refractivity contribution in [2.75, 3.05) is 11.5 Å². The minimum Gasteiger partial charge on any atom is -0.507 e. The first-order valence-corrected chi connectivity index (χ1v) is 16.2. The summed E-state index contributed by atoms with van der Waals surface area (Å²) in [7, 11) is 0. The number of carbonyl (C=O) groups excluding carboxylic acids is 2. The van der Waals surface area contributed by atoms with Gasteiger partial charge in [-0.3, -0.25) is 9.59 Å². The molecule has 3 aromatic carbocycles. The number of allylic oxidation sites excluding steroid dienone is 2. The molecule has 3 aromatic rings. The number of aliphatic hydroxyl groups excluding tert-OH is 2. The first-order chi connectivity index (χ1) is 23.1. The number of phenolic OH excluding ortho intramolecular Hbond substituents is 1. The van der Waals surface area contributed by atoms with E-state index in [1.54, 1.807) is 19.1 Å². The highest BCUT2D eigenvalue weighted by Gasteiger charge is 2.55. The van der Waals surface area contributed by atoms with E-state index in [0.29, 0.717) is 52.8 Å². The fourth-order valence-corrected chi connectivity index (χ4v) is 7.34. The standard InChI is InChI=1S/C37H37F6NO5/c1-3-7-20(14-22-11-13-30(46)27-9-6-5-8-26(22)27)10-12-31(47)32-21(4-2)15-28-33(29(32)19-45)35(49)44(34(28)48)25-17-23(36(38,39)40)16-24(18-25)37(41,42)43/h5-6,8-9,11,13-14,16-18,28-29,31,33,45-47H,3-4,7,10,12,15,19H2,1-2H3/b20-14+/t28-,29+,31-,33-/m1/s1. The Morgan fingerprint density at radius 1 is 0.918 bits per heavy atom. The lowest BCUT2D eigenvalue weighted by Crippen LogP contribution is -2.39. The summed E-state index contributed by atoms with van der Waals surface area (Å²) < 4.78 is 81.7. The predicted octanol–water partition coefficient (Wildman–Crippen LogP) is 8.43. The van der Waals surface area contributed by atoms with Gasteiger partial charge in [0.25, 0.3) is 0 Å². The molecule has 12 heteroatoms. The third-order valence-corrected chi connectivity index (χ3v) is 9.60. The number of phenols is 1. The van der Waals surface area contributed by atoms with Crippen LogP contribution in [0.4, 0.5) is 32.0 Å². The molecular formula is C37H37F6NO5. The Morgan fingerprint density at radius 2 is 1.55 bits per heavy atom. The fourth-order valence-electron chi connectivity index (χ4n) is 7.34. The third kappa shape index (κ3) is 7.12. The smallest absolute Gasteiger partial charge is 0.416 e. The number of amides is 2. The highest BCUT2D eigenvalue weighted by molar-refractivity contribution is 6.22. The summed E-state index contributed by atoms with van der Waals surface area (Å²) >= 11 is 0. The first kappa shape index (κ1) is 36.1. The van der Waals surface area contributed by atoms with Gasteiger partial charge < -0.3 is 15.3 Å². The van der Waals surface area contributed by atoms with Gasteiger partial charge in [-0.1, -0.05) is 67.8 Å². The number of benzene rings is 3. The second-order valence-corrected chi connectivity index (χ2v) is 12.6. The zero-order valence-corrected chi connectivity index (χ0v) is 26.9. The number of hydrogen-bond donors (Lipinski definition) is 3. The summed E-state index contributed by atoms with van der Waals surface area (Å²) in [5.74, 6) is -5.30. The molecular weight excluding hydrogens is 652 g/mol. The van der Waals surface area contributed by atoms with Crippen LogP contribution in [0.2, 0.25) is 0 Å². The number of rotatable bonds is 10. The molecule has 4 atom stereocenters. The summed E-state index contributed by atoms with van der Waals surface area (Å²) in [6, 6.07) is 11.4. The molecule has 1 heterocycles. The van der Waals surface area contributed by atoms with Crippen LogP contribution in [0.15, 0.2) is 71.3 Å². The second-order valence-electron chi connectivity index (χ2n) is 12.6. The van der Waals surface area contributed by atoms with E-state index in [1.165, 1.54) is 0 Å². The number of anilines is 1. The number of nitrogens with zero attached hydrogens (tertiary/aromatic N) is 1. The molecule has 2 aliphatic rings. The molecule has 49 heavy (non-hydrogen) atoms. The van der Waals surface area contributed by atoms with Crippen molar-refractivity contribution in [3.05, 3.63) is 88.0 Å². The van der Waals surface area contributed by atoms with E-state index in [0.717, 1.165) is 22.9 Å². The van der Waals surface area contributed by atoms with Crippen LogP contribution in [0.3, 0.4) is 0 Å². The van der Waals surface area contributed by atoms with Gasteiger partial charge in [0.15, 0.2) is 0 Å². The molecule has 262 valence electrons. The number of aromatic hydroxyl groups is 1. The number of hydrogen-bond acceptors (Lipinski definition) is 5. The summed E-state index contributed by atoms with van der Waals surface area (Å²) in [6.07, 6.45) is -7.06. The molecule has 0 aromatic heterocycles. The Bertz CT molecular complexity index is 1780. The quantitative estimate of drug-likeness (QED) is 0.113. The van der Waals surface area contributed by atoms with Gasteiger partial charge in [-0.05, 0) is 72.9 Å². The van der Waals surface area contributed by atoms with Crippen molar-refractivity contribution in [2.24, 2.45) is 17.8 Å².